The third-order valence-electron chi connectivity index (χ3n) is 5.31. The van der Waals surface area contributed by atoms with Gasteiger partial charge in [-0.15, -0.1) is 0 Å². The van der Waals surface area contributed by atoms with E-state index in [4.69, 9.17) is 16.0 Å². The van der Waals surface area contributed by atoms with E-state index in [9.17, 15) is 9.59 Å². The maximum absolute atomic E-state index is 13.1. The maximum Gasteiger partial charge on any atom is 0.262 e. The fraction of sp³-hybridized carbons (Fsp3) is 0.208. The molecule has 4 rings (SSSR count). The summed E-state index contributed by atoms with van der Waals surface area (Å²) in [7, 11) is 1.55. The Morgan fingerprint density at radius 1 is 1.19 bits per heavy atom. The molecule has 1 aromatic heterocycles. The Morgan fingerprint density at radius 3 is 2.66 bits per heavy atom. The van der Waals surface area contributed by atoms with Crippen LogP contribution in [0.4, 0.5) is 5.69 Å². The SMILES string of the molecule is CNC(=O)c1ccc(Cl)c(NCC(=O)N2N=C(c3ccc(C)cc3)CC2c2ccco2)c1. The zero-order chi connectivity index (χ0) is 22.7. The van der Waals surface area contributed by atoms with E-state index in [1.54, 1.807) is 37.6 Å². The highest BCUT2D eigenvalue weighted by Gasteiger charge is 2.34. The number of nitrogens with zero attached hydrogens (tertiary/aromatic N) is 2. The molecule has 0 aliphatic carbocycles. The summed E-state index contributed by atoms with van der Waals surface area (Å²) in [6, 6.07) is 16.2. The van der Waals surface area contributed by atoms with Crippen molar-refractivity contribution in [2.45, 2.75) is 19.4 Å². The van der Waals surface area contributed by atoms with Gasteiger partial charge in [-0.25, -0.2) is 5.01 Å². The largest absolute Gasteiger partial charge is 0.467 e. The number of hydrazone groups is 1. The first-order valence-corrected chi connectivity index (χ1v) is 10.6. The van der Waals surface area contributed by atoms with Crippen LogP contribution in [0, 0.1) is 6.92 Å². The number of halogens is 1. The third-order valence-corrected chi connectivity index (χ3v) is 5.64. The molecule has 0 radical (unpaired) electrons. The lowest BCUT2D eigenvalue weighted by molar-refractivity contribution is -0.131. The second-order valence-corrected chi connectivity index (χ2v) is 7.92. The summed E-state index contributed by atoms with van der Waals surface area (Å²) in [5, 5.41) is 12.1. The van der Waals surface area contributed by atoms with Gasteiger partial charge in [0.05, 0.1) is 29.2 Å². The summed E-state index contributed by atoms with van der Waals surface area (Å²) >= 11 is 6.25. The summed E-state index contributed by atoms with van der Waals surface area (Å²) in [5.74, 6) is 0.194. The number of anilines is 1. The van der Waals surface area contributed by atoms with Gasteiger partial charge >= 0.3 is 0 Å². The first-order valence-electron chi connectivity index (χ1n) is 10.2. The minimum atomic E-state index is -0.330. The Kier molecular flexibility index (Phi) is 6.28. The fourth-order valence-corrected chi connectivity index (χ4v) is 3.75. The fourth-order valence-electron chi connectivity index (χ4n) is 3.56. The molecule has 2 heterocycles. The quantitative estimate of drug-likeness (QED) is 0.583. The van der Waals surface area contributed by atoms with E-state index in [-0.39, 0.29) is 24.4 Å². The minimum Gasteiger partial charge on any atom is -0.467 e. The number of carbonyl (C=O) groups excluding carboxylic acids is 2. The lowest BCUT2D eigenvalue weighted by Gasteiger charge is -2.20. The first-order chi connectivity index (χ1) is 15.5. The molecule has 1 aliphatic rings. The second kappa shape index (κ2) is 9.28. The Labute approximate surface area is 191 Å². The van der Waals surface area contributed by atoms with E-state index >= 15 is 0 Å². The number of nitrogens with one attached hydrogen (secondary N) is 2. The number of aryl methyl sites for hydroxylation is 1. The highest BCUT2D eigenvalue weighted by Crippen LogP contribution is 2.33. The molecule has 1 unspecified atom stereocenters. The Balaban J connectivity index is 1.55. The van der Waals surface area contributed by atoms with Gasteiger partial charge in [0.2, 0.25) is 0 Å². The smallest absolute Gasteiger partial charge is 0.262 e. The van der Waals surface area contributed by atoms with Crippen LogP contribution >= 0.6 is 11.6 Å². The molecule has 0 saturated carbocycles. The molecule has 7 nitrogen and oxygen atoms in total. The number of rotatable bonds is 6. The van der Waals surface area contributed by atoms with Gasteiger partial charge in [0.15, 0.2) is 0 Å². The van der Waals surface area contributed by atoms with Gasteiger partial charge in [-0.1, -0.05) is 41.4 Å². The van der Waals surface area contributed by atoms with Crippen molar-refractivity contribution >= 4 is 34.8 Å². The monoisotopic (exact) mass is 450 g/mol. The predicted octanol–water partition coefficient (Wildman–Crippen LogP) is 4.39. The zero-order valence-corrected chi connectivity index (χ0v) is 18.5. The van der Waals surface area contributed by atoms with Crippen LogP contribution in [-0.4, -0.2) is 36.1 Å². The predicted molar refractivity (Wildman–Crippen MR) is 124 cm³/mol. The van der Waals surface area contributed by atoms with Gasteiger partial charge in [0.25, 0.3) is 11.8 Å². The van der Waals surface area contributed by atoms with E-state index < -0.39 is 0 Å². The van der Waals surface area contributed by atoms with Gasteiger partial charge in [-0.2, -0.15) is 5.10 Å². The van der Waals surface area contributed by atoms with Crippen molar-refractivity contribution in [1.29, 1.82) is 0 Å². The van der Waals surface area contributed by atoms with E-state index in [1.807, 2.05) is 37.3 Å². The van der Waals surface area contributed by atoms with Gasteiger partial charge in [-0.05, 0) is 42.8 Å². The molecular weight excluding hydrogens is 428 g/mol. The molecule has 1 aliphatic heterocycles. The summed E-state index contributed by atoms with van der Waals surface area (Å²) in [6.07, 6.45) is 2.14. The lowest BCUT2D eigenvalue weighted by Crippen LogP contribution is -2.32. The van der Waals surface area contributed by atoms with E-state index in [0.717, 1.165) is 16.8 Å². The first kappa shape index (κ1) is 21.6. The van der Waals surface area contributed by atoms with Gasteiger partial charge in [-0.3, -0.25) is 9.59 Å². The molecule has 2 aromatic carbocycles. The molecule has 1 atom stereocenters. The Morgan fingerprint density at radius 2 is 1.97 bits per heavy atom. The van der Waals surface area contributed by atoms with Crippen LogP contribution in [0.5, 0.6) is 0 Å². The molecule has 0 bridgehead atoms. The molecule has 8 heteroatoms. The zero-order valence-electron chi connectivity index (χ0n) is 17.8. The molecule has 2 amide bonds. The Bertz CT molecular complexity index is 1160. The number of benzene rings is 2. The molecule has 164 valence electrons. The van der Waals surface area contributed by atoms with Crippen molar-refractivity contribution in [2.24, 2.45) is 5.10 Å². The van der Waals surface area contributed by atoms with E-state index in [0.29, 0.717) is 28.5 Å². The molecule has 0 saturated heterocycles. The highest BCUT2D eigenvalue weighted by molar-refractivity contribution is 6.33. The van der Waals surface area contributed by atoms with Gasteiger partial charge in [0, 0.05) is 19.0 Å². The van der Waals surface area contributed by atoms with Crippen molar-refractivity contribution in [3.05, 3.63) is 88.3 Å². The van der Waals surface area contributed by atoms with Crippen LogP contribution in [0.25, 0.3) is 0 Å². The molecule has 0 fully saturated rings. The normalized spacial score (nSPS) is 15.4. The summed E-state index contributed by atoms with van der Waals surface area (Å²) < 4.78 is 5.58. The van der Waals surface area contributed by atoms with Crippen molar-refractivity contribution in [2.75, 3.05) is 18.9 Å². The van der Waals surface area contributed by atoms with Crippen LogP contribution in [-0.2, 0) is 4.79 Å². The van der Waals surface area contributed by atoms with Gasteiger partial charge < -0.3 is 15.1 Å². The molecule has 2 N–H and O–H groups in total. The summed E-state index contributed by atoms with van der Waals surface area (Å²) in [6.45, 7) is 1.98. The molecule has 32 heavy (non-hydrogen) atoms. The summed E-state index contributed by atoms with van der Waals surface area (Å²) in [4.78, 5) is 25.0. The Hall–Kier alpha value is -3.58. The van der Waals surface area contributed by atoms with Crippen LogP contribution in [0.3, 0.4) is 0 Å². The van der Waals surface area contributed by atoms with Gasteiger partial charge in [0.1, 0.15) is 11.8 Å². The van der Waals surface area contributed by atoms with Crippen LogP contribution in [0.2, 0.25) is 5.02 Å². The maximum atomic E-state index is 13.1. The van der Waals surface area contributed by atoms with E-state index in [1.165, 1.54) is 5.01 Å². The minimum absolute atomic E-state index is 0.0429. The van der Waals surface area contributed by atoms with Crippen LogP contribution < -0.4 is 10.6 Å². The van der Waals surface area contributed by atoms with Crippen molar-refractivity contribution < 1.29 is 14.0 Å². The second-order valence-electron chi connectivity index (χ2n) is 7.51. The van der Waals surface area contributed by atoms with Crippen LogP contribution in [0.1, 0.15) is 39.7 Å². The average Bonchev–Trinajstić information content (AvgIpc) is 3.48. The number of hydrogen-bond acceptors (Lipinski definition) is 5. The van der Waals surface area contributed by atoms with Crippen molar-refractivity contribution in [3.8, 4) is 0 Å². The van der Waals surface area contributed by atoms with Crippen LogP contribution in [0.15, 0.2) is 70.4 Å². The van der Waals surface area contributed by atoms with Crippen molar-refractivity contribution in [3.63, 3.8) is 0 Å². The number of furan rings is 1. The third kappa shape index (κ3) is 4.53. The standard InChI is InChI=1S/C24H23ClN4O3/c1-15-5-7-16(8-6-15)19-13-21(22-4-3-11-32-22)29(28-19)23(30)14-27-20-12-17(24(31)26-2)9-10-18(20)25/h3-12,21,27H,13-14H2,1-2H3,(H,26,31). The highest BCUT2D eigenvalue weighted by atomic mass is 35.5. The number of amides is 2. The number of hydrogen-bond donors (Lipinski definition) is 2. The topological polar surface area (TPSA) is 86.9 Å². The molecule has 3 aromatic rings. The average molecular weight is 451 g/mol. The number of carbonyl (C=O) groups is 2. The lowest BCUT2D eigenvalue weighted by atomic mass is 10.0. The van der Waals surface area contributed by atoms with Crippen molar-refractivity contribution in [1.82, 2.24) is 10.3 Å². The van der Waals surface area contributed by atoms with E-state index in [2.05, 4.69) is 15.7 Å². The molecular formula is C24H23ClN4O3. The summed E-state index contributed by atoms with van der Waals surface area (Å²) in [5.41, 5.74) is 3.89. The molecule has 0 spiro atoms.